The second-order valence-corrected chi connectivity index (χ2v) is 6.56. The quantitative estimate of drug-likeness (QED) is 0.852. The SMILES string of the molecule is Cn1ncnc1CS(=O)(=O)c1ccc(N)cc1Br. The van der Waals surface area contributed by atoms with Crippen molar-refractivity contribution in [3.63, 3.8) is 0 Å². The number of aryl methyl sites for hydroxylation is 1. The summed E-state index contributed by atoms with van der Waals surface area (Å²) in [5, 5.41) is 3.84. The van der Waals surface area contributed by atoms with Gasteiger partial charge in [-0.2, -0.15) is 5.10 Å². The highest BCUT2D eigenvalue weighted by Gasteiger charge is 2.21. The molecule has 2 N–H and O–H groups in total. The number of nitrogens with zero attached hydrogens (tertiary/aromatic N) is 3. The molecule has 0 saturated heterocycles. The summed E-state index contributed by atoms with van der Waals surface area (Å²) in [4.78, 5) is 4.10. The highest BCUT2D eigenvalue weighted by Crippen LogP contribution is 2.26. The van der Waals surface area contributed by atoms with Crippen molar-refractivity contribution in [3.8, 4) is 0 Å². The molecular weight excluding hydrogens is 320 g/mol. The zero-order valence-electron chi connectivity index (χ0n) is 9.54. The average molecular weight is 331 g/mol. The van der Waals surface area contributed by atoms with E-state index in [1.54, 1.807) is 19.2 Å². The Labute approximate surface area is 113 Å². The van der Waals surface area contributed by atoms with Gasteiger partial charge in [-0.05, 0) is 34.1 Å². The van der Waals surface area contributed by atoms with E-state index in [9.17, 15) is 8.42 Å². The Morgan fingerprint density at radius 3 is 2.72 bits per heavy atom. The van der Waals surface area contributed by atoms with E-state index < -0.39 is 9.84 Å². The summed E-state index contributed by atoms with van der Waals surface area (Å²) < 4.78 is 26.3. The smallest absolute Gasteiger partial charge is 0.186 e. The molecule has 1 heterocycles. The Hall–Kier alpha value is -1.41. The molecular formula is C10H11BrN4O2S. The maximum atomic E-state index is 12.2. The van der Waals surface area contributed by atoms with Gasteiger partial charge in [-0.3, -0.25) is 4.68 Å². The summed E-state index contributed by atoms with van der Waals surface area (Å²) in [6.45, 7) is 0. The number of aromatic nitrogens is 3. The van der Waals surface area contributed by atoms with Crippen molar-refractivity contribution in [1.82, 2.24) is 14.8 Å². The minimum atomic E-state index is -3.48. The Balaban J connectivity index is 2.40. The van der Waals surface area contributed by atoms with Crippen molar-refractivity contribution in [3.05, 3.63) is 34.8 Å². The van der Waals surface area contributed by atoms with Gasteiger partial charge in [0.05, 0.1) is 4.90 Å². The van der Waals surface area contributed by atoms with Crippen LogP contribution >= 0.6 is 15.9 Å². The fraction of sp³-hybridized carbons (Fsp3) is 0.200. The van der Waals surface area contributed by atoms with Crippen LogP contribution in [0.1, 0.15) is 5.82 Å². The number of hydrogen-bond acceptors (Lipinski definition) is 5. The van der Waals surface area contributed by atoms with Crippen LogP contribution in [0.4, 0.5) is 5.69 Å². The van der Waals surface area contributed by atoms with Gasteiger partial charge in [0.2, 0.25) is 0 Å². The van der Waals surface area contributed by atoms with E-state index in [4.69, 9.17) is 5.73 Å². The van der Waals surface area contributed by atoms with Crippen molar-refractivity contribution in [2.24, 2.45) is 7.05 Å². The van der Waals surface area contributed by atoms with Gasteiger partial charge in [-0.15, -0.1) is 0 Å². The lowest BCUT2D eigenvalue weighted by atomic mass is 10.3. The highest BCUT2D eigenvalue weighted by atomic mass is 79.9. The average Bonchev–Trinajstić information content (AvgIpc) is 2.63. The first-order valence-corrected chi connectivity index (χ1v) is 7.45. The van der Waals surface area contributed by atoms with Gasteiger partial charge in [0.25, 0.3) is 0 Å². The van der Waals surface area contributed by atoms with Gasteiger partial charge in [0.1, 0.15) is 17.9 Å². The largest absolute Gasteiger partial charge is 0.399 e. The summed E-state index contributed by atoms with van der Waals surface area (Å²) in [7, 11) is -1.83. The molecule has 1 aromatic heterocycles. The molecule has 0 unspecified atom stereocenters. The van der Waals surface area contributed by atoms with Crippen LogP contribution in [0.2, 0.25) is 0 Å². The minimum Gasteiger partial charge on any atom is -0.399 e. The van der Waals surface area contributed by atoms with Crippen LogP contribution in [-0.2, 0) is 22.6 Å². The van der Waals surface area contributed by atoms with Gasteiger partial charge in [-0.1, -0.05) is 0 Å². The summed E-state index contributed by atoms with van der Waals surface area (Å²) >= 11 is 3.20. The van der Waals surface area contributed by atoms with E-state index in [0.717, 1.165) is 0 Å². The van der Waals surface area contributed by atoms with Crippen molar-refractivity contribution >= 4 is 31.5 Å². The van der Waals surface area contributed by atoms with E-state index in [2.05, 4.69) is 26.0 Å². The Morgan fingerprint density at radius 2 is 2.17 bits per heavy atom. The molecule has 0 radical (unpaired) electrons. The van der Waals surface area contributed by atoms with Crippen LogP contribution in [0.5, 0.6) is 0 Å². The van der Waals surface area contributed by atoms with Crippen molar-refractivity contribution in [2.45, 2.75) is 10.6 Å². The van der Waals surface area contributed by atoms with Gasteiger partial charge < -0.3 is 5.73 Å². The molecule has 0 atom stereocenters. The number of halogens is 1. The summed E-state index contributed by atoms with van der Waals surface area (Å²) in [5.74, 6) is 0.185. The number of hydrogen-bond donors (Lipinski definition) is 1. The van der Waals surface area contributed by atoms with Crippen LogP contribution in [0.15, 0.2) is 33.9 Å². The van der Waals surface area contributed by atoms with Gasteiger partial charge >= 0.3 is 0 Å². The molecule has 2 rings (SSSR count). The summed E-state index contributed by atoms with van der Waals surface area (Å²) in [5.41, 5.74) is 6.08. The molecule has 0 fully saturated rings. The maximum absolute atomic E-state index is 12.2. The molecule has 0 amide bonds. The van der Waals surface area contributed by atoms with Gasteiger partial charge in [-0.25, -0.2) is 13.4 Å². The first-order chi connectivity index (χ1) is 8.40. The zero-order chi connectivity index (χ0) is 13.3. The van der Waals surface area contributed by atoms with Crippen molar-refractivity contribution < 1.29 is 8.42 Å². The normalized spacial score (nSPS) is 11.7. The van der Waals surface area contributed by atoms with E-state index in [0.29, 0.717) is 16.0 Å². The number of nitrogen functional groups attached to an aromatic ring is 1. The number of sulfone groups is 1. The van der Waals surface area contributed by atoms with E-state index in [1.165, 1.54) is 17.1 Å². The van der Waals surface area contributed by atoms with E-state index in [-0.39, 0.29) is 10.6 Å². The third-order valence-electron chi connectivity index (χ3n) is 2.42. The predicted molar refractivity (Wildman–Crippen MR) is 70.4 cm³/mol. The zero-order valence-corrected chi connectivity index (χ0v) is 11.9. The van der Waals surface area contributed by atoms with Crippen LogP contribution in [0.3, 0.4) is 0 Å². The molecule has 6 nitrogen and oxygen atoms in total. The monoisotopic (exact) mass is 330 g/mol. The third-order valence-corrected chi connectivity index (χ3v) is 5.00. The molecule has 8 heteroatoms. The molecule has 0 saturated carbocycles. The second kappa shape index (κ2) is 4.69. The number of rotatable bonds is 3. The first-order valence-electron chi connectivity index (χ1n) is 5.01. The van der Waals surface area contributed by atoms with Crippen LogP contribution in [-0.4, -0.2) is 23.2 Å². The lowest BCUT2D eigenvalue weighted by Crippen LogP contribution is -2.10. The number of anilines is 1. The fourth-order valence-corrected chi connectivity index (χ4v) is 3.99. The Morgan fingerprint density at radius 1 is 1.44 bits per heavy atom. The third kappa shape index (κ3) is 2.54. The topological polar surface area (TPSA) is 90.9 Å². The second-order valence-electron chi connectivity index (χ2n) is 3.75. The van der Waals surface area contributed by atoms with Crippen molar-refractivity contribution in [1.29, 1.82) is 0 Å². The maximum Gasteiger partial charge on any atom is 0.186 e. The molecule has 1 aromatic carbocycles. The molecule has 0 bridgehead atoms. The summed E-state index contributed by atoms with van der Waals surface area (Å²) in [6, 6.07) is 4.59. The van der Waals surface area contributed by atoms with E-state index >= 15 is 0 Å². The van der Waals surface area contributed by atoms with Gasteiger partial charge in [0, 0.05) is 17.2 Å². The predicted octanol–water partition coefficient (Wildman–Crippen LogP) is 1.13. The molecule has 0 aliphatic heterocycles. The van der Waals surface area contributed by atoms with Crippen LogP contribution in [0.25, 0.3) is 0 Å². The standard InChI is InChI=1S/C10H11BrN4O2S/c1-15-10(13-6-14-15)5-18(16,17)9-3-2-7(12)4-8(9)11/h2-4,6H,5,12H2,1H3. The fourth-order valence-electron chi connectivity index (χ4n) is 1.47. The molecule has 2 aromatic rings. The molecule has 0 aliphatic rings. The lowest BCUT2D eigenvalue weighted by molar-refractivity contribution is 0.590. The van der Waals surface area contributed by atoms with Crippen LogP contribution < -0.4 is 5.73 Å². The van der Waals surface area contributed by atoms with Crippen LogP contribution in [0, 0.1) is 0 Å². The highest BCUT2D eigenvalue weighted by molar-refractivity contribution is 9.10. The lowest BCUT2D eigenvalue weighted by Gasteiger charge is -2.07. The van der Waals surface area contributed by atoms with E-state index in [1.807, 2.05) is 0 Å². The number of benzene rings is 1. The van der Waals surface area contributed by atoms with Crippen molar-refractivity contribution in [2.75, 3.05) is 5.73 Å². The molecule has 96 valence electrons. The first kappa shape index (κ1) is 13.0. The number of nitrogens with two attached hydrogens (primary N) is 1. The van der Waals surface area contributed by atoms with Gasteiger partial charge in [0.15, 0.2) is 9.84 Å². The minimum absolute atomic E-state index is 0.194. The summed E-state index contributed by atoms with van der Waals surface area (Å²) in [6.07, 6.45) is 1.32. The molecule has 18 heavy (non-hydrogen) atoms. The molecule has 0 spiro atoms. The Bertz CT molecular complexity index is 681. The molecule has 0 aliphatic carbocycles. The Kier molecular flexibility index (Phi) is 3.40.